The Hall–Kier alpha value is -2.57. The van der Waals surface area contributed by atoms with Crippen LogP contribution in [0.15, 0.2) is 48.5 Å². The first-order valence-electron chi connectivity index (χ1n) is 9.24. The van der Waals surface area contributed by atoms with Crippen molar-refractivity contribution in [3.8, 4) is 0 Å². The van der Waals surface area contributed by atoms with Crippen LogP contribution in [0, 0.1) is 0 Å². The summed E-state index contributed by atoms with van der Waals surface area (Å²) in [5.74, 6) is -0.183. The number of carbonyl (C=O) groups is 2. The van der Waals surface area contributed by atoms with E-state index >= 15 is 0 Å². The lowest BCUT2D eigenvalue weighted by atomic mass is 10.1. The second kappa shape index (κ2) is 10.7. The number of nitrogens with two attached hydrogens (primary N) is 1. The zero-order valence-corrected chi connectivity index (χ0v) is 16.5. The summed E-state index contributed by atoms with van der Waals surface area (Å²) in [5.41, 5.74) is 8.81. The number of aryl methyl sites for hydroxylation is 1. The van der Waals surface area contributed by atoms with Crippen LogP contribution in [0.4, 0.5) is 11.4 Å². The van der Waals surface area contributed by atoms with Gasteiger partial charge in [0.2, 0.25) is 5.91 Å². The number of benzene rings is 2. The third-order valence-corrected chi connectivity index (χ3v) is 4.66. The molecule has 0 bridgehead atoms. The van der Waals surface area contributed by atoms with Crippen molar-refractivity contribution in [3.63, 3.8) is 0 Å². The van der Waals surface area contributed by atoms with E-state index in [2.05, 4.69) is 10.6 Å². The van der Waals surface area contributed by atoms with Gasteiger partial charge in [-0.1, -0.05) is 18.2 Å². The van der Waals surface area contributed by atoms with Gasteiger partial charge in [-0.15, -0.1) is 12.4 Å². The van der Waals surface area contributed by atoms with Gasteiger partial charge in [-0.25, -0.2) is 0 Å². The largest absolute Gasteiger partial charge is 0.399 e. The number of carbonyl (C=O) groups excluding carboxylic acids is 2. The summed E-state index contributed by atoms with van der Waals surface area (Å²) in [6, 6.07) is 14.6. The molecule has 1 aliphatic heterocycles. The van der Waals surface area contributed by atoms with E-state index in [0.29, 0.717) is 43.0 Å². The number of rotatable bonds is 6. The van der Waals surface area contributed by atoms with E-state index < -0.39 is 0 Å². The Labute approximate surface area is 171 Å². The predicted molar refractivity (Wildman–Crippen MR) is 113 cm³/mol. The van der Waals surface area contributed by atoms with E-state index in [0.717, 1.165) is 18.4 Å². The molecule has 150 valence electrons. The molecule has 4 N–H and O–H groups in total. The van der Waals surface area contributed by atoms with Gasteiger partial charge in [0.05, 0.1) is 0 Å². The lowest BCUT2D eigenvalue weighted by molar-refractivity contribution is -0.116. The molecule has 0 radical (unpaired) electrons. The van der Waals surface area contributed by atoms with Gasteiger partial charge < -0.3 is 21.1 Å². The first kappa shape index (κ1) is 21.7. The Morgan fingerprint density at radius 3 is 2.39 bits per heavy atom. The van der Waals surface area contributed by atoms with Crippen LogP contribution >= 0.6 is 12.4 Å². The molecule has 1 saturated heterocycles. The summed E-state index contributed by atoms with van der Waals surface area (Å²) in [7, 11) is 0. The van der Waals surface area contributed by atoms with E-state index in [1.54, 1.807) is 24.3 Å². The molecule has 0 unspecified atom stereocenters. The summed E-state index contributed by atoms with van der Waals surface area (Å²) in [6.45, 7) is 1.37. The Morgan fingerprint density at radius 2 is 1.71 bits per heavy atom. The molecule has 1 fully saturated rings. The minimum atomic E-state index is -0.0978. The number of ether oxygens (including phenoxy) is 1. The molecule has 2 aromatic rings. The van der Waals surface area contributed by atoms with Gasteiger partial charge in [0, 0.05) is 42.6 Å². The quantitative estimate of drug-likeness (QED) is 0.646. The van der Waals surface area contributed by atoms with Gasteiger partial charge in [-0.2, -0.15) is 0 Å². The van der Waals surface area contributed by atoms with Crippen LogP contribution in [-0.4, -0.2) is 31.1 Å². The van der Waals surface area contributed by atoms with Crippen molar-refractivity contribution in [2.24, 2.45) is 0 Å². The van der Waals surface area contributed by atoms with E-state index in [9.17, 15) is 9.59 Å². The minimum Gasteiger partial charge on any atom is -0.399 e. The van der Waals surface area contributed by atoms with Crippen LogP contribution < -0.4 is 16.4 Å². The average Bonchev–Trinajstić information content (AvgIpc) is 2.69. The number of nitrogen functional groups attached to an aromatic ring is 1. The standard InChI is InChI=1S/C21H25N3O3.ClH/c22-19-4-2-1-3-15(19)7-10-20(25)23-17-8-5-16(6-9-17)21(26)24-18-11-13-27-14-12-18;/h1-6,8-9,18H,7,10-14,22H2,(H,23,25)(H,24,26);1H. The summed E-state index contributed by atoms with van der Waals surface area (Å²) in [5, 5.41) is 5.87. The van der Waals surface area contributed by atoms with Crippen molar-refractivity contribution >= 4 is 35.6 Å². The van der Waals surface area contributed by atoms with Crippen LogP contribution in [0.5, 0.6) is 0 Å². The van der Waals surface area contributed by atoms with Gasteiger partial charge in [-0.3, -0.25) is 9.59 Å². The molecule has 1 aliphatic rings. The monoisotopic (exact) mass is 403 g/mol. The molecule has 3 rings (SSSR count). The molecule has 2 amide bonds. The molecule has 1 heterocycles. The number of anilines is 2. The van der Waals surface area contributed by atoms with E-state index in [1.807, 2.05) is 24.3 Å². The van der Waals surface area contributed by atoms with Crippen LogP contribution in [0.1, 0.15) is 35.2 Å². The Bertz CT molecular complexity index is 790. The van der Waals surface area contributed by atoms with Crippen molar-refractivity contribution < 1.29 is 14.3 Å². The highest BCUT2D eigenvalue weighted by Gasteiger charge is 2.17. The third-order valence-electron chi connectivity index (χ3n) is 4.66. The fraction of sp³-hybridized carbons (Fsp3) is 0.333. The average molecular weight is 404 g/mol. The Balaban J connectivity index is 0.00000280. The van der Waals surface area contributed by atoms with E-state index in [1.165, 1.54) is 0 Å². The second-order valence-electron chi connectivity index (χ2n) is 6.68. The highest BCUT2D eigenvalue weighted by molar-refractivity contribution is 5.96. The summed E-state index contributed by atoms with van der Waals surface area (Å²) < 4.78 is 5.30. The lowest BCUT2D eigenvalue weighted by Gasteiger charge is -2.23. The number of hydrogen-bond donors (Lipinski definition) is 3. The molecule has 0 spiro atoms. The Morgan fingerprint density at radius 1 is 1.04 bits per heavy atom. The summed E-state index contributed by atoms with van der Waals surface area (Å²) in [6.07, 6.45) is 2.61. The van der Waals surface area contributed by atoms with Crippen LogP contribution in [-0.2, 0) is 16.0 Å². The van der Waals surface area contributed by atoms with Crippen molar-refractivity contribution in [2.75, 3.05) is 24.3 Å². The molecule has 0 aliphatic carbocycles. The fourth-order valence-electron chi connectivity index (χ4n) is 3.05. The van der Waals surface area contributed by atoms with Crippen molar-refractivity contribution in [3.05, 3.63) is 59.7 Å². The fourth-order valence-corrected chi connectivity index (χ4v) is 3.05. The topological polar surface area (TPSA) is 93.5 Å². The molecule has 0 atom stereocenters. The maximum absolute atomic E-state index is 12.3. The molecular weight excluding hydrogens is 378 g/mol. The lowest BCUT2D eigenvalue weighted by Crippen LogP contribution is -2.38. The van der Waals surface area contributed by atoms with Gasteiger partial charge in [0.25, 0.3) is 5.91 Å². The number of nitrogens with one attached hydrogen (secondary N) is 2. The second-order valence-corrected chi connectivity index (χ2v) is 6.68. The SMILES string of the molecule is Cl.Nc1ccccc1CCC(=O)Nc1ccc(C(=O)NC2CCOCC2)cc1. The minimum absolute atomic E-state index is 0. The normalized spacial score (nSPS) is 14.0. The summed E-state index contributed by atoms with van der Waals surface area (Å²) in [4.78, 5) is 24.4. The first-order valence-corrected chi connectivity index (χ1v) is 9.24. The van der Waals surface area contributed by atoms with Crippen LogP contribution in [0.25, 0.3) is 0 Å². The van der Waals surface area contributed by atoms with Gasteiger partial charge in [0.1, 0.15) is 0 Å². The number of hydrogen-bond acceptors (Lipinski definition) is 4. The van der Waals surface area contributed by atoms with Crippen LogP contribution in [0.2, 0.25) is 0 Å². The number of amides is 2. The number of para-hydroxylation sites is 1. The summed E-state index contributed by atoms with van der Waals surface area (Å²) >= 11 is 0. The van der Waals surface area contributed by atoms with Gasteiger partial charge in [-0.05, 0) is 55.2 Å². The molecule has 7 heteroatoms. The van der Waals surface area contributed by atoms with Crippen LogP contribution in [0.3, 0.4) is 0 Å². The highest BCUT2D eigenvalue weighted by atomic mass is 35.5. The predicted octanol–water partition coefficient (Wildman–Crippen LogP) is 3.17. The highest BCUT2D eigenvalue weighted by Crippen LogP contribution is 2.15. The van der Waals surface area contributed by atoms with Gasteiger partial charge >= 0.3 is 0 Å². The van der Waals surface area contributed by atoms with Crippen molar-refractivity contribution in [1.82, 2.24) is 5.32 Å². The smallest absolute Gasteiger partial charge is 0.251 e. The van der Waals surface area contributed by atoms with E-state index in [4.69, 9.17) is 10.5 Å². The molecule has 28 heavy (non-hydrogen) atoms. The zero-order chi connectivity index (χ0) is 19.1. The van der Waals surface area contributed by atoms with E-state index in [-0.39, 0.29) is 30.3 Å². The Kier molecular flexibility index (Phi) is 8.29. The van der Waals surface area contributed by atoms with Crippen molar-refractivity contribution in [1.29, 1.82) is 0 Å². The molecule has 0 saturated carbocycles. The number of halogens is 1. The maximum atomic E-state index is 12.3. The zero-order valence-electron chi connectivity index (χ0n) is 15.6. The molecule has 0 aromatic heterocycles. The molecule has 6 nitrogen and oxygen atoms in total. The van der Waals surface area contributed by atoms with Gasteiger partial charge in [0.15, 0.2) is 0 Å². The van der Waals surface area contributed by atoms with Crippen molar-refractivity contribution in [2.45, 2.75) is 31.7 Å². The first-order chi connectivity index (χ1) is 13.1. The molecular formula is C21H26ClN3O3. The maximum Gasteiger partial charge on any atom is 0.251 e. The molecule has 2 aromatic carbocycles. The third kappa shape index (κ3) is 6.25.